The third-order valence-electron chi connectivity index (χ3n) is 3.34. The van der Waals surface area contributed by atoms with E-state index in [9.17, 15) is 5.11 Å². The molecule has 2 aliphatic rings. The number of aliphatic hydroxyl groups is 2. The van der Waals surface area contributed by atoms with Crippen LogP contribution in [0.5, 0.6) is 0 Å². The van der Waals surface area contributed by atoms with Crippen molar-refractivity contribution in [3.05, 3.63) is 24.3 Å². The lowest BCUT2D eigenvalue weighted by Gasteiger charge is -2.26. The van der Waals surface area contributed by atoms with Crippen LogP contribution in [0.15, 0.2) is 24.3 Å². The Hall–Kier alpha value is -1.30. The third kappa shape index (κ3) is 1.86. The molecule has 0 amide bonds. The van der Waals surface area contributed by atoms with Gasteiger partial charge in [-0.05, 0) is 12.1 Å². The van der Waals surface area contributed by atoms with E-state index in [4.69, 9.17) is 9.84 Å². The average molecular weight is 236 g/mol. The maximum Gasteiger partial charge on any atom is 0.130 e. The summed E-state index contributed by atoms with van der Waals surface area (Å²) in [4.78, 5) is 0. The standard InChI is InChI=1S/C12H16N2O3/c15-6-10(16)12-9-5-11(17-12)14-8-4-2-1-3-7(8)13-9/h1-4,9-16H,5-6H2/t9-,10-,11+,12-/m1/s1. The van der Waals surface area contributed by atoms with Crippen molar-refractivity contribution in [1.82, 2.24) is 0 Å². The molecule has 0 aromatic heterocycles. The zero-order valence-electron chi connectivity index (χ0n) is 9.34. The number of benzene rings is 1. The van der Waals surface area contributed by atoms with Crippen LogP contribution in [0.3, 0.4) is 0 Å². The smallest absolute Gasteiger partial charge is 0.130 e. The first kappa shape index (κ1) is 10.8. The van der Waals surface area contributed by atoms with Crippen molar-refractivity contribution >= 4 is 11.4 Å². The molecule has 17 heavy (non-hydrogen) atoms. The van der Waals surface area contributed by atoms with Gasteiger partial charge >= 0.3 is 0 Å². The fraction of sp³-hybridized carbons (Fsp3) is 0.500. The van der Waals surface area contributed by atoms with Crippen LogP contribution in [0.4, 0.5) is 11.4 Å². The van der Waals surface area contributed by atoms with E-state index >= 15 is 0 Å². The minimum atomic E-state index is -0.843. The van der Waals surface area contributed by atoms with Gasteiger partial charge in [-0.1, -0.05) is 12.1 Å². The van der Waals surface area contributed by atoms with Gasteiger partial charge in [0.15, 0.2) is 0 Å². The number of rotatable bonds is 2. The predicted molar refractivity (Wildman–Crippen MR) is 63.8 cm³/mol. The van der Waals surface area contributed by atoms with Gasteiger partial charge in [-0.3, -0.25) is 0 Å². The maximum absolute atomic E-state index is 9.70. The van der Waals surface area contributed by atoms with E-state index in [1.807, 2.05) is 24.3 Å². The molecule has 0 saturated carbocycles. The summed E-state index contributed by atoms with van der Waals surface area (Å²) in [5.41, 5.74) is 2.02. The number of hydrogen-bond donors (Lipinski definition) is 4. The van der Waals surface area contributed by atoms with Gasteiger partial charge in [0.2, 0.25) is 0 Å². The average Bonchev–Trinajstić information content (AvgIpc) is 2.62. The first-order valence-electron chi connectivity index (χ1n) is 5.84. The van der Waals surface area contributed by atoms with E-state index in [-0.39, 0.29) is 25.0 Å². The van der Waals surface area contributed by atoms with Gasteiger partial charge in [0.1, 0.15) is 18.4 Å². The van der Waals surface area contributed by atoms with Crippen LogP contribution < -0.4 is 10.6 Å². The lowest BCUT2D eigenvalue weighted by molar-refractivity contribution is -0.0499. The summed E-state index contributed by atoms with van der Waals surface area (Å²) in [7, 11) is 0. The number of nitrogens with one attached hydrogen (secondary N) is 2. The largest absolute Gasteiger partial charge is 0.394 e. The Kier molecular flexibility index (Phi) is 2.66. The molecule has 0 unspecified atom stereocenters. The quantitative estimate of drug-likeness (QED) is 0.596. The monoisotopic (exact) mass is 236 g/mol. The number of hydrogen-bond acceptors (Lipinski definition) is 5. The molecule has 5 heteroatoms. The number of anilines is 2. The van der Waals surface area contributed by atoms with E-state index in [0.29, 0.717) is 0 Å². The number of ether oxygens (including phenoxy) is 1. The highest BCUT2D eigenvalue weighted by Crippen LogP contribution is 2.34. The lowest BCUT2D eigenvalue weighted by Crippen LogP contribution is -2.41. The molecule has 0 spiro atoms. The Morgan fingerprint density at radius 2 is 2.00 bits per heavy atom. The Labute approximate surface area is 99.4 Å². The Balaban J connectivity index is 1.86. The second-order valence-corrected chi connectivity index (χ2v) is 4.52. The van der Waals surface area contributed by atoms with Gasteiger partial charge in [-0.2, -0.15) is 0 Å². The highest BCUT2D eigenvalue weighted by Gasteiger charge is 2.41. The lowest BCUT2D eigenvalue weighted by atomic mass is 10.1. The molecule has 3 rings (SSSR count). The Morgan fingerprint density at radius 1 is 1.29 bits per heavy atom. The minimum absolute atomic E-state index is 0.0262. The molecule has 92 valence electrons. The van der Waals surface area contributed by atoms with Crippen molar-refractivity contribution in [1.29, 1.82) is 0 Å². The molecule has 2 bridgehead atoms. The van der Waals surface area contributed by atoms with Crippen molar-refractivity contribution in [3.8, 4) is 0 Å². The minimum Gasteiger partial charge on any atom is -0.394 e. The molecule has 2 heterocycles. The molecule has 1 fully saturated rings. The van der Waals surface area contributed by atoms with Crippen molar-refractivity contribution in [2.45, 2.75) is 30.9 Å². The summed E-state index contributed by atoms with van der Waals surface area (Å²) in [5.74, 6) is 0. The second kappa shape index (κ2) is 4.18. The van der Waals surface area contributed by atoms with Crippen LogP contribution in [0.25, 0.3) is 0 Å². The van der Waals surface area contributed by atoms with Gasteiger partial charge in [0.25, 0.3) is 0 Å². The first-order valence-corrected chi connectivity index (χ1v) is 5.84. The van der Waals surface area contributed by atoms with Crippen LogP contribution in [0, 0.1) is 0 Å². The van der Waals surface area contributed by atoms with E-state index in [0.717, 1.165) is 17.8 Å². The van der Waals surface area contributed by atoms with E-state index in [1.165, 1.54) is 0 Å². The van der Waals surface area contributed by atoms with Gasteiger partial charge in [-0.25, -0.2) is 0 Å². The van der Waals surface area contributed by atoms with Crippen molar-refractivity contribution in [3.63, 3.8) is 0 Å². The summed E-state index contributed by atoms with van der Waals surface area (Å²) in [6.45, 7) is -0.281. The van der Waals surface area contributed by atoms with Crippen molar-refractivity contribution in [2.24, 2.45) is 0 Å². The summed E-state index contributed by atoms with van der Waals surface area (Å²) >= 11 is 0. The highest BCUT2D eigenvalue weighted by atomic mass is 16.5. The topological polar surface area (TPSA) is 73.8 Å². The van der Waals surface area contributed by atoms with Crippen molar-refractivity contribution < 1.29 is 14.9 Å². The molecule has 1 aromatic rings. The van der Waals surface area contributed by atoms with Gasteiger partial charge in [0, 0.05) is 6.42 Å². The van der Waals surface area contributed by atoms with Crippen LogP contribution >= 0.6 is 0 Å². The number of para-hydroxylation sites is 2. The molecule has 0 aliphatic carbocycles. The van der Waals surface area contributed by atoms with E-state index in [2.05, 4.69) is 10.6 Å². The molecule has 1 aromatic carbocycles. The van der Waals surface area contributed by atoms with E-state index < -0.39 is 6.10 Å². The Morgan fingerprint density at radius 3 is 2.71 bits per heavy atom. The first-order chi connectivity index (χ1) is 8.28. The molecule has 4 N–H and O–H groups in total. The fourth-order valence-corrected chi connectivity index (χ4v) is 2.51. The highest BCUT2D eigenvalue weighted by molar-refractivity contribution is 5.70. The Bertz CT molecular complexity index is 412. The maximum atomic E-state index is 9.70. The van der Waals surface area contributed by atoms with Crippen LogP contribution in [-0.4, -0.2) is 41.3 Å². The molecule has 1 saturated heterocycles. The van der Waals surface area contributed by atoms with Gasteiger partial charge < -0.3 is 25.6 Å². The molecule has 0 radical (unpaired) electrons. The van der Waals surface area contributed by atoms with Crippen molar-refractivity contribution in [2.75, 3.05) is 17.2 Å². The van der Waals surface area contributed by atoms with Gasteiger partial charge in [-0.15, -0.1) is 0 Å². The third-order valence-corrected chi connectivity index (χ3v) is 3.34. The summed E-state index contributed by atoms with van der Waals surface area (Å²) in [6, 6.07) is 7.94. The zero-order valence-corrected chi connectivity index (χ0v) is 9.34. The molecule has 4 atom stereocenters. The SMILES string of the molecule is OC[C@@H](O)[C@@H]1O[C@H]2C[C@H]1Nc1ccccc1N2. The summed E-state index contributed by atoms with van der Waals surface area (Å²) in [5, 5.41) is 25.3. The molecule has 5 nitrogen and oxygen atoms in total. The zero-order chi connectivity index (χ0) is 11.8. The number of aliphatic hydroxyl groups excluding tert-OH is 2. The normalized spacial score (nSPS) is 32.0. The van der Waals surface area contributed by atoms with Gasteiger partial charge in [0.05, 0.1) is 24.0 Å². The number of fused-ring (bicyclic) bond motifs is 3. The summed E-state index contributed by atoms with van der Waals surface area (Å²) < 4.78 is 5.69. The van der Waals surface area contributed by atoms with E-state index in [1.54, 1.807) is 0 Å². The van der Waals surface area contributed by atoms with Crippen LogP contribution in [0.2, 0.25) is 0 Å². The molecular formula is C12H16N2O3. The van der Waals surface area contributed by atoms with Crippen LogP contribution in [-0.2, 0) is 4.74 Å². The fourth-order valence-electron chi connectivity index (χ4n) is 2.51. The molecule has 2 aliphatic heterocycles. The van der Waals surface area contributed by atoms with Crippen LogP contribution in [0.1, 0.15) is 6.42 Å². The summed E-state index contributed by atoms with van der Waals surface area (Å²) in [6.07, 6.45) is -0.547. The predicted octanol–water partition coefficient (Wildman–Crippen LogP) is 0.361. The molecular weight excluding hydrogens is 220 g/mol. The second-order valence-electron chi connectivity index (χ2n) is 4.52.